The van der Waals surface area contributed by atoms with Gasteiger partial charge in [-0.2, -0.15) is 0 Å². The van der Waals surface area contributed by atoms with Gasteiger partial charge in [0.05, 0.1) is 22.3 Å². The van der Waals surface area contributed by atoms with Gasteiger partial charge in [0, 0.05) is 29.8 Å². The van der Waals surface area contributed by atoms with Gasteiger partial charge < -0.3 is 9.67 Å². The van der Waals surface area contributed by atoms with Gasteiger partial charge in [0.1, 0.15) is 11.6 Å². The summed E-state index contributed by atoms with van der Waals surface area (Å²) >= 11 is 0. The largest absolute Gasteiger partial charge is 0.507 e. The summed E-state index contributed by atoms with van der Waals surface area (Å²) in [5, 5.41) is 10.5. The Balaban J connectivity index is 1.59. The summed E-state index contributed by atoms with van der Waals surface area (Å²) < 4.78 is 2.05. The van der Waals surface area contributed by atoms with Crippen molar-refractivity contribution in [3.05, 3.63) is 127 Å². The quantitative estimate of drug-likeness (QED) is 0.264. The molecule has 0 saturated heterocycles. The molecule has 38 heavy (non-hydrogen) atoms. The molecule has 4 aromatic carbocycles. The number of aryl methyl sites for hydroxylation is 1. The number of phenolic OH excluding ortho intramolecular Hbond substituents is 1. The Morgan fingerprint density at radius 3 is 2.16 bits per heavy atom. The molecule has 1 N–H and O–H groups in total. The van der Waals surface area contributed by atoms with E-state index in [1.165, 1.54) is 11.1 Å². The first kappa shape index (κ1) is 23.7. The molecule has 2 aromatic heterocycles. The van der Waals surface area contributed by atoms with Gasteiger partial charge in [-0.3, -0.25) is 4.98 Å². The van der Waals surface area contributed by atoms with E-state index < -0.39 is 0 Å². The molecule has 0 fully saturated rings. The van der Waals surface area contributed by atoms with Gasteiger partial charge in [-0.25, -0.2) is 4.98 Å². The summed E-state index contributed by atoms with van der Waals surface area (Å²) in [5.41, 5.74) is 8.98. The Morgan fingerprint density at radius 2 is 1.39 bits per heavy atom. The highest BCUT2D eigenvalue weighted by Crippen LogP contribution is 2.39. The summed E-state index contributed by atoms with van der Waals surface area (Å²) in [7, 11) is 2.00. The van der Waals surface area contributed by atoms with Crippen molar-refractivity contribution in [2.24, 2.45) is 7.05 Å². The highest BCUT2D eigenvalue weighted by atomic mass is 16.3. The first-order valence-electron chi connectivity index (χ1n) is 12.8. The second-order valence-corrected chi connectivity index (χ2v) is 10.2. The lowest BCUT2D eigenvalue weighted by Gasteiger charge is -2.27. The number of benzene rings is 4. The standard InChI is InChI=1S/C34H29N3O/c1-34(2,25-12-5-4-6-13-25)26-21-23(20-24(22-26)29-16-9-10-19-35-29)27-15-11-17-30-32(27)36-33(37(30)3)28-14-7-8-18-31(28)38/h4-22,38H,1-3H3. The smallest absolute Gasteiger partial charge is 0.144 e. The van der Waals surface area contributed by atoms with Gasteiger partial charge in [-0.05, 0) is 59.2 Å². The summed E-state index contributed by atoms with van der Waals surface area (Å²) in [6, 6.07) is 37.0. The van der Waals surface area contributed by atoms with Gasteiger partial charge >= 0.3 is 0 Å². The Kier molecular flexibility index (Phi) is 5.80. The Morgan fingerprint density at radius 1 is 0.684 bits per heavy atom. The van der Waals surface area contributed by atoms with Crippen molar-refractivity contribution >= 4 is 11.0 Å². The van der Waals surface area contributed by atoms with E-state index in [4.69, 9.17) is 4.98 Å². The molecule has 0 aliphatic carbocycles. The Bertz CT molecular complexity index is 1750. The van der Waals surface area contributed by atoms with Crippen molar-refractivity contribution in [2.45, 2.75) is 19.3 Å². The van der Waals surface area contributed by atoms with Crippen molar-refractivity contribution in [3.63, 3.8) is 0 Å². The van der Waals surface area contributed by atoms with Crippen molar-refractivity contribution in [1.29, 1.82) is 0 Å². The number of hydrogen-bond acceptors (Lipinski definition) is 3. The maximum absolute atomic E-state index is 10.5. The summed E-state index contributed by atoms with van der Waals surface area (Å²) in [4.78, 5) is 9.72. The molecule has 0 atom stereocenters. The minimum atomic E-state index is -0.222. The van der Waals surface area contributed by atoms with Crippen molar-refractivity contribution in [1.82, 2.24) is 14.5 Å². The van der Waals surface area contributed by atoms with Crippen LogP contribution in [0.2, 0.25) is 0 Å². The summed E-state index contributed by atoms with van der Waals surface area (Å²) in [6.07, 6.45) is 1.84. The van der Waals surface area contributed by atoms with Crippen LogP contribution in [0.25, 0.3) is 44.8 Å². The number of para-hydroxylation sites is 2. The molecule has 0 unspecified atom stereocenters. The van der Waals surface area contributed by atoms with E-state index in [-0.39, 0.29) is 11.2 Å². The van der Waals surface area contributed by atoms with E-state index in [0.29, 0.717) is 5.56 Å². The fraction of sp³-hybridized carbons (Fsp3) is 0.118. The Hall–Kier alpha value is -4.70. The molecule has 2 heterocycles. The zero-order chi connectivity index (χ0) is 26.3. The molecular formula is C34H29N3O. The number of pyridine rings is 1. The molecule has 186 valence electrons. The number of fused-ring (bicyclic) bond motifs is 1. The van der Waals surface area contributed by atoms with Crippen LogP contribution < -0.4 is 0 Å². The van der Waals surface area contributed by atoms with Crippen LogP contribution in [0.4, 0.5) is 0 Å². The summed E-state index contributed by atoms with van der Waals surface area (Å²) in [5.74, 6) is 0.952. The first-order valence-corrected chi connectivity index (χ1v) is 12.8. The average molecular weight is 496 g/mol. The van der Waals surface area contributed by atoms with Crippen LogP contribution in [-0.2, 0) is 12.5 Å². The van der Waals surface area contributed by atoms with Crippen LogP contribution >= 0.6 is 0 Å². The molecular weight excluding hydrogens is 466 g/mol. The van der Waals surface area contributed by atoms with E-state index >= 15 is 0 Å². The van der Waals surface area contributed by atoms with Gasteiger partial charge in [0.25, 0.3) is 0 Å². The topological polar surface area (TPSA) is 50.9 Å². The predicted octanol–water partition coefficient (Wildman–Crippen LogP) is 8.00. The third kappa shape index (κ3) is 4.04. The molecule has 6 aromatic rings. The second kappa shape index (κ2) is 9.31. The molecule has 6 rings (SSSR count). The highest BCUT2D eigenvalue weighted by Gasteiger charge is 2.25. The van der Waals surface area contributed by atoms with Crippen molar-refractivity contribution < 1.29 is 5.11 Å². The lowest BCUT2D eigenvalue weighted by atomic mass is 9.76. The molecule has 0 saturated carbocycles. The van der Waals surface area contributed by atoms with E-state index in [9.17, 15) is 5.11 Å². The normalized spacial score (nSPS) is 11.7. The maximum atomic E-state index is 10.5. The molecule has 0 aliphatic heterocycles. The van der Waals surface area contributed by atoms with Crippen LogP contribution in [0.5, 0.6) is 5.75 Å². The van der Waals surface area contributed by atoms with Gasteiger partial charge in [0.2, 0.25) is 0 Å². The van der Waals surface area contributed by atoms with E-state index in [1.54, 1.807) is 6.07 Å². The molecule has 4 heteroatoms. The molecule has 4 nitrogen and oxygen atoms in total. The van der Waals surface area contributed by atoms with E-state index in [0.717, 1.165) is 39.2 Å². The van der Waals surface area contributed by atoms with Crippen LogP contribution in [0, 0.1) is 0 Å². The van der Waals surface area contributed by atoms with Crippen molar-refractivity contribution in [3.8, 4) is 39.5 Å². The van der Waals surface area contributed by atoms with Gasteiger partial charge in [0.15, 0.2) is 0 Å². The first-order chi connectivity index (χ1) is 18.4. The molecule has 0 bridgehead atoms. The minimum Gasteiger partial charge on any atom is -0.507 e. The van der Waals surface area contributed by atoms with Crippen LogP contribution in [0.1, 0.15) is 25.0 Å². The van der Waals surface area contributed by atoms with E-state index in [1.807, 2.05) is 48.1 Å². The fourth-order valence-corrected chi connectivity index (χ4v) is 5.20. The number of phenols is 1. The van der Waals surface area contributed by atoms with Gasteiger partial charge in [-0.1, -0.05) is 80.6 Å². The van der Waals surface area contributed by atoms with Gasteiger partial charge in [-0.15, -0.1) is 0 Å². The molecule has 0 aliphatic rings. The fourth-order valence-electron chi connectivity index (χ4n) is 5.20. The van der Waals surface area contributed by atoms with E-state index in [2.05, 4.69) is 91.6 Å². The second-order valence-electron chi connectivity index (χ2n) is 10.2. The monoisotopic (exact) mass is 495 g/mol. The lowest BCUT2D eigenvalue weighted by molar-refractivity contribution is 0.476. The SMILES string of the molecule is Cn1c(-c2ccccc2O)nc2c(-c3cc(-c4ccccn4)cc(C(C)(C)c4ccccc4)c3)cccc21. The third-order valence-corrected chi connectivity index (χ3v) is 7.48. The summed E-state index contributed by atoms with van der Waals surface area (Å²) in [6.45, 7) is 4.53. The van der Waals surface area contributed by atoms with Crippen LogP contribution in [0.15, 0.2) is 115 Å². The highest BCUT2D eigenvalue weighted by molar-refractivity contribution is 5.95. The van der Waals surface area contributed by atoms with Crippen molar-refractivity contribution in [2.75, 3.05) is 0 Å². The third-order valence-electron chi connectivity index (χ3n) is 7.48. The zero-order valence-electron chi connectivity index (χ0n) is 21.8. The zero-order valence-corrected chi connectivity index (χ0v) is 21.8. The minimum absolute atomic E-state index is 0.219. The number of imidazole rings is 1. The predicted molar refractivity (Wildman–Crippen MR) is 155 cm³/mol. The number of aromatic nitrogens is 3. The number of hydrogen-bond donors (Lipinski definition) is 1. The molecule has 0 amide bonds. The van der Waals surface area contributed by atoms with Crippen LogP contribution in [0.3, 0.4) is 0 Å². The van der Waals surface area contributed by atoms with Crippen LogP contribution in [-0.4, -0.2) is 19.6 Å². The number of aromatic hydroxyl groups is 1. The molecule has 0 radical (unpaired) electrons. The maximum Gasteiger partial charge on any atom is 0.144 e. The number of rotatable bonds is 5. The average Bonchev–Trinajstić information content (AvgIpc) is 3.30. The molecule has 0 spiro atoms. The number of nitrogens with zero attached hydrogens (tertiary/aromatic N) is 3. The Labute approximate surface area is 222 Å². The lowest BCUT2D eigenvalue weighted by Crippen LogP contribution is -2.19.